The van der Waals surface area contributed by atoms with E-state index >= 15 is 0 Å². The summed E-state index contributed by atoms with van der Waals surface area (Å²) in [4.78, 5) is 24.4. The van der Waals surface area contributed by atoms with Crippen LogP contribution in [0.15, 0.2) is 48.5 Å². The van der Waals surface area contributed by atoms with Crippen molar-refractivity contribution in [3.63, 3.8) is 0 Å². The standard InChI is InChI=1S/C18H17F2NO5/c1-11(16(22)21-13-8-4-6-10-15(13)24-2)25-17(23)12-7-3-5-9-14(12)26-18(19)20/h3-11,18H,1-2H3,(H,21,22)/t11-/m0/s1. The number of benzene rings is 2. The number of amides is 1. The van der Waals surface area contributed by atoms with E-state index in [0.29, 0.717) is 11.4 Å². The van der Waals surface area contributed by atoms with E-state index in [1.165, 1.54) is 38.3 Å². The number of nitrogens with one attached hydrogen (secondary N) is 1. The van der Waals surface area contributed by atoms with Crippen molar-refractivity contribution in [1.82, 2.24) is 0 Å². The van der Waals surface area contributed by atoms with Gasteiger partial charge in [-0.25, -0.2) is 4.79 Å². The third-order valence-corrected chi connectivity index (χ3v) is 3.34. The summed E-state index contributed by atoms with van der Waals surface area (Å²) in [7, 11) is 1.45. The predicted molar refractivity (Wildman–Crippen MR) is 89.6 cm³/mol. The van der Waals surface area contributed by atoms with Crippen LogP contribution in [0.25, 0.3) is 0 Å². The lowest BCUT2D eigenvalue weighted by Gasteiger charge is -2.16. The maximum Gasteiger partial charge on any atom is 0.387 e. The van der Waals surface area contributed by atoms with Gasteiger partial charge in [-0.3, -0.25) is 4.79 Å². The van der Waals surface area contributed by atoms with Crippen molar-refractivity contribution < 1.29 is 32.6 Å². The van der Waals surface area contributed by atoms with Gasteiger partial charge in [0, 0.05) is 0 Å². The predicted octanol–water partition coefficient (Wildman–Crippen LogP) is 3.48. The number of ether oxygens (including phenoxy) is 3. The Labute approximate surface area is 148 Å². The van der Waals surface area contributed by atoms with Crippen LogP contribution in [-0.4, -0.2) is 31.7 Å². The minimum Gasteiger partial charge on any atom is -0.495 e. The Morgan fingerprint density at radius 1 is 1.00 bits per heavy atom. The fraction of sp³-hybridized carbons (Fsp3) is 0.222. The molecule has 1 N–H and O–H groups in total. The van der Waals surface area contributed by atoms with Gasteiger partial charge in [0.2, 0.25) is 0 Å². The highest BCUT2D eigenvalue weighted by Gasteiger charge is 2.23. The Morgan fingerprint density at radius 3 is 2.27 bits per heavy atom. The molecule has 0 aliphatic carbocycles. The lowest BCUT2D eigenvalue weighted by atomic mass is 10.2. The minimum absolute atomic E-state index is 0.204. The average Bonchev–Trinajstić information content (AvgIpc) is 2.62. The molecule has 2 rings (SSSR count). The zero-order valence-electron chi connectivity index (χ0n) is 14.1. The largest absolute Gasteiger partial charge is 0.495 e. The summed E-state index contributed by atoms with van der Waals surface area (Å²) >= 11 is 0. The maximum absolute atomic E-state index is 12.4. The normalized spacial score (nSPS) is 11.6. The van der Waals surface area contributed by atoms with E-state index in [2.05, 4.69) is 10.1 Å². The number of anilines is 1. The van der Waals surface area contributed by atoms with Gasteiger partial charge in [-0.2, -0.15) is 8.78 Å². The Balaban J connectivity index is 2.06. The van der Waals surface area contributed by atoms with E-state index in [9.17, 15) is 18.4 Å². The Hall–Kier alpha value is -3.16. The molecule has 0 bridgehead atoms. The van der Waals surface area contributed by atoms with Crippen molar-refractivity contribution in [2.45, 2.75) is 19.6 Å². The molecule has 0 fully saturated rings. The van der Waals surface area contributed by atoms with Crippen LogP contribution >= 0.6 is 0 Å². The molecule has 2 aromatic rings. The van der Waals surface area contributed by atoms with Gasteiger partial charge in [0.1, 0.15) is 17.1 Å². The summed E-state index contributed by atoms with van der Waals surface area (Å²) in [6.45, 7) is -1.73. The van der Waals surface area contributed by atoms with Gasteiger partial charge in [0.15, 0.2) is 6.10 Å². The first-order chi connectivity index (χ1) is 12.4. The van der Waals surface area contributed by atoms with Crippen molar-refractivity contribution in [2.24, 2.45) is 0 Å². The number of rotatable bonds is 7. The Morgan fingerprint density at radius 2 is 1.62 bits per heavy atom. The van der Waals surface area contributed by atoms with Crippen LogP contribution < -0.4 is 14.8 Å². The molecule has 0 heterocycles. The number of esters is 1. The van der Waals surface area contributed by atoms with Gasteiger partial charge in [-0.1, -0.05) is 24.3 Å². The molecule has 0 unspecified atom stereocenters. The van der Waals surface area contributed by atoms with Gasteiger partial charge in [0.05, 0.1) is 12.8 Å². The van der Waals surface area contributed by atoms with E-state index in [-0.39, 0.29) is 11.3 Å². The highest BCUT2D eigenvalue weighted by molar-refractivity contribution is 5.99. The van der Waals surface area contributed by atoms with Crippen molar-refractivity contribution >= 4 is 17.6 Å². The van der Waals surface area contributed by atoms with Gasteiger partial charge >= 0.3 is 12.6 Å². The molecule has 2 aromatic carbocycles. The van der Waals surface area contributed by atoms with Crippen LogP contribution in [0.4, 0.5) is 14.5 Å². The third kappa shape index (κ3) is 4.92. The molecule has 1 atom stereocenters. The fourth-order valence-corrected chi connectivity index (χ4v) is 2.09. The van der Waals surface area contributed by atoms with Crippen molar-refractivity contribution in [1.29, 1.82) is 0 Å². The van der Waals surface area contributed by atoms with Crippen LogP contribution in [-0.2, 0) is 9.53 Å². The topological polar surface area (TPSA) is 73.9 Å². The summed E-state index contributed by atoms with van der Waals surface area (Å²) in [5.74, 6) is -1.45. The SMILES string of the molecule is COc1ccccc1NC(=O)[C@H](C)OC(=O)c1ccccc1OC(F)F. The molecule has 0 radical (unpaired) electrons. The van der Waals surface area contributed by atoms with Crippen molar-refractivity contribution in [3.05, 3.63) is 54.1 Å². The van der Waals surface area contributed by atoms with Gasteiger partial charge in [-0.05, 0) is 31.2 Å². The molecule has 0 aromatic heterocycles. The van der Waals surface area contributed by atoms with Crippen LogP contribution in [0.1, 0.15) is 17.3 Å². The summed E-state index contributed by atoms with van der Waals surface area (Å²) in [6, 6.07) is 12.1. The van der Waals surface area contributed by atoms with Crippen LogP contribution in [0.5, 0.6) is 11.5 Å². The third-order valence-electron chi connectivity index (χ3n) is 3.34. The number of hydrogen-bond donors (Lipinski definition) is 1. The molecular formula is C18H17F2NO5. The van der Waals surface area contributed by atoms with E-state index in [4.69, 9.17) is 9.47 Å². The van der Waals surface area contributed by atoms with Gasteiger partial charge < -0.3 is 19.5 Å². The number of alkyl halides is 2. The summed E-state index contributed by atoms with van der Waals surface area (Å²) in [6.07, 6.45) is -1.17. The molecule has 0 saturated heterocycles. The second kappa shape index (κ2) is 8.80. The molecule has 0 aliphatic rings. The quantitative estimate of drug-likeness (QED) is 0.761. The summed E-state index contributed by atoms with van der Waals surface area (Å²) < 4.78 is 39.3. The van der Waals surface area contributed by atoms with Crippen molar-refractivity contribution in [3.8, 4) is 11.5 Å². The molecule has 0 saturated carbocycles. The molecule has 6 nitrogen and oxygen atoms in total. The lowest BCUT2D eigenvalue weighted by Crippen LogP contribution is -2.30. The maximum atomic E-state index is 12.4. The molecule has 1 amide bonds. The minimum atomic E-state index is -3.09. The number of carbonyl (C=O) groups excluding carboxylic acids is 2. The van der Waals surface area contributed by atoms with Gasteiger partial charge in [-0.15, -0.1) is 0 Å². The highest BCUT2D eigenvalue weighted by atomic mass is 19.3. The number of hydrogen-bond acceptors (Lipinski definition) is 5. The van der Waals surface area contributed by atoms with Crippen LogP contribution in [0, 0.1) is 0 Å². The number of para-hydroxylation sites is 3. The van der Waals surface area contributed by atoms with Gasteiger partial charge in [0.25, 0.3) is 5.91 Å². The van der Waals surface area contributed by atoms with E-state index in [1.54, 1.807) is 24.3 Å². The Bertz CT molecular complexity index is 782. The van der Waals surface area contributed by atoms with E-state index < -0.39 is 24.6 Å². The summed E-state index contributed by atoms with van der Waals surface area (Å²) in [5, 5.41) is 2.57. The van der Waals surface area contributed by atoms with Crippen LogP contribution in [0.3, 0.4) is 0 Å². The number of methoxy groups -OCH3 is 1. The highest BCUT2D eigenvalue weighted by Crippen LogP contribution is 2.24. The first kappa shape index (κ1) is 19.2. The average molecular weight is 365 g/mol. The van der Waals surface area contributed by atoms with Crippen LogP contribution in [0.2, 0.25) is 0 Å². The second-order valence-corrected chi connectivity index (χ2v) is 5.11. The van der Waals surface area contributed by atoms with E-state index in [0.717, 1.165) is 0 Å². The monoisotopic (exact) mass is 365 g/mol. The lowest BCUT2D eigenvalue weighted by molar-refractivity contribution is -0.123. The molecule has 8 heteroatoms. The first-order valence-electron chi connectivity index (χ1n) is 7.61. The second-order valence-electron chi connectivity index (χ2n) is 5.11. The zero-order chi connectivity index (χ0) is 19.1. The number of carbonyl (C=O) groups is 2. The molecule has 0 spiro atoms. The Kier molecular flexibility index (Phi) is 6.48. The number of halogens is 2. The smallest absolute Gasteiger partial charge is 0.387 e. The zero-order valence-corrected chi connectivity index (χ0v) is 14.1. The molecule has 0 aliphatic heterocycles. The fourth-order valence-electron chi connectivity index (χ4n) is 2.09. The van der Waals surface area contributed by atoms with E-state index in [1.807, 2.05) is 0 Å². The first-order valence-corrected chi connectivity index (χ1v) is 7.61. The molecule has 138 valence electrons. The summed E-state index contributed by atoms with van der Waals surface area (Å²) in [5.41, 5.74) is 0.203. The molecule has 26 heavy (non-hydrogen) atoms. The molecular weight excluding hydrogens is 348 g/mol. The van der Waals surface area contributed by atoms with Crippen molar-refractivity contribution in [2.75, 3.05) is 12.4 Å².